The SMILES string of the molecule is CCC(NS(=O)(=O)c1sc(Cl)nc1C)c1cccc(Cl)c1. The molecular weight excluding hydrogens is 351 g/mol. The number of hydrogen-bond acceptors (Lipinski definition) is 4. The number of nitrogens with zero attached hydrogens (tertiary/aromatic N) is 1. The van der Waals surface area contributed by atoms with Gasteiger partial charge < -0.3 is 0 Å². The van der Waals surface area contributed by atoms with Gasteiger partial charge in [0.25, 0.3) is 10.0 Å². The van der Waals surface area contributed by atoms with Gasteiger partial charge in [0.2, 0.25) is 0 Å². The molecular formula is C13H14Cl2N2O2S2. The van der Waals surface area contributed by atoms with Crippen LogP contribution in [0.1, 0.15) is 30.6 Å². The van der Waals surface area contributed by atoms with Gasteiger partial charge in [0.1, 0.15) is 0 Å². The Kier molecular flexibility index (Phi) is 5.27. The molecule has 0 fully saturated rings. The summed E-state index contributed by atoms with van der Waals surface area (Å²) < 4.78 is 28.0. The van der Waals surface area contributed by atoms with Crippen molar-refractivity contribution in [2.75, 3.05) is 0 Å². The zero-order valence-electron chi connectivity index (χ0n) is 11.4. The van der Waals surface area contributed by atoms with Gasteiger partial charge in [-0.3, -0.25) is 0 Å². The number of aryl methyl sites for hydroxylation is 1. The minimum absolute atomic E-state index is 0.146. The van der Waals surface area contributed by atoms with E-state index < -0.39 is 10.0 Å². The van der Waals surface area contributed by atoms with Crippen molar-refractivity contribution < 1.29 is 8.42 Å². The third-order valence-corrected chi connectivity index (χ3v) is 6.51. The summed E-state index contributed by atoms with van der Waals surface area (Å²) in [6.45, 7) is 3.53. The fraction of sp³-hybridized carbons (Fsp3) is 0.308. The molecule has 1 aromatic heterocycles. The summed E-state index contributed by atoms with van der Waals surface area (Å²) in [4.78, 5) is 3.94. The van der Waals surface area contributed by atoms with Crippen LogP contribution in [0.5, 0.6) is 0 Å². The number of nitrogens with one attached hydrogen (secondary N) is 1. The normalized spacial score (nSPS) is 13.3. The van der Waals surface area contributed by atoms with Crippen LogP contribution in [0.25, 0.3) is 0 Å². The lowest BCUT2D eigenvalue weighted by molar-refractivity contribution is 0.551. The molecule has 1 N–H and O–H groups in total. The Morgan fingerprint density at radius 3 is 2.62 bits per heavy atom. The molecule has 0 aliphatic carbocycles. The Morgan fingerprint density at radius 2 is 2.10 bits per heavy atom. The second-order valence-electron chi connectivity index (χ2n) is 4.48. The van der Waals surface area contributed by atoms with Crippen LogP contribution in [0.3, 0.4) is 0 Å². The van der Waals surface area contributed by atoms with E-state index in [1.165, 1.54) is 0 Å². The first-order chi connectivity index (χ1) is 9.83. The van der Waals surface area contributed by atoms with Crippen molar-refractivity contribution in [3.05, 3.63) is 45.0 Å². The summed E-state index contributed by atoms with van der Waals surface area (Å²) in [5.74, 6) is 0. The molecule has 0 amide bonds. The fourth-order valence-electron chi connectivity index (χ4n) is 1.95. The number of sulfonamides is 1. The van der Waals surface area contributed by atoms with E-state index in [4.69, 9.17) is 23.2 Å². The molecule has 2 rings (SSSR count). The van der Waals surface area contributed by atoms with Gasteiger partial charge in [0.15, 0.2) is 8.68 Å². The number of benzene rings is 1. The standard InChI is InChI=1S/C13H14Cl2N2O2S2/c1-3-11(9-5-4-6-10(14)7-9)17-21(18,19)12-8(2)16-13(15)20-12/h4-7,11,17H,3H2,1-2H3. The van der Waals surface area contributed by atoms with Crippen molar-refractivity contribution in [3.63, 3.8) is 0 Å². The summed E-state index contributed by atoms with van der Waals surface area (Å²) in [5.41, 5.74) is 1.22. The van der Waals surface area contributed by atoms with Crippen molar-refractivity contribution in [1.29, 1.82) is 0 Å². The van der Waals surface area contributed by atoms with Crippen molar-refractivity contribution in [2.45, 2.75) is 30.5 Å². The van der Waals surface area contributed by atoms with Crippen LogP contribution < -0.4 is 4.72 Å². The van der Waals surface area contributed by atoms with Crippen LogP contribution in [-0.4, -0.2) is 13.4 Å². The minimum atomic E-state index is -3.66. The van der Waals surface area contributed by atoms with Gasteiger partial charge in [-0.2, -0.15) is 0 Å². The summed E-state index contributed by atoms with van der Waals surface area (Å²) in [6.07, 6.45) is 0.602. The predicted molar refractivity (Wildman–Crippen MR) is 86.7 cm³/mol. The summed E-state index contributed by atoms with van der Waals surface area (Å²) >= 11 is 12.7. The number of aromatic nitrogens is 1. The second-order valence-corrected chi connectivity index (χ2v) is 8.40. The Balaban J connectivity index is 2.32. The molecule has 1 atom stereocenters. The van der Waals surface area contributed by atoms with Gasteiger partial charge in [0.05, 0.1) is 5.69 Å². The van der Waals surface area contributed by atoms with Crippen molar-refractivity contribution >= 4 is 44.6 Å². The average Bonchev–Trinajstić information content (AvgIpc) is 2.76. The molecule has 0 bridgehead atoms. The lowest BCUT2D eigenvalue weighted by Gasteiger charge is -2.17. The predicted octanol–water partition coefficient (Wildman–Crippen LogP) is 4.19. The van der Waals surface area contributed by atoms with Crippen LogP contribution >= 0.6 is 34.5 Å². The van der Waals surface area contributed by atoms with Crippen molar-refractivity contribution in [1.82, 2.24) is 9.71 Å². The molecule has 0 saturated heterocycles. The molecule has 1 unspecified atom stereocenters. The molecule has 0 spiro atoms. The quantitative estimate of drug-likeness (QED) is 0.864. The largest absolute Gasteiger partial charge is 0.252 e. The van der Waals surface area contributed by atoms with Crippen LogP contribution in [0, 0.1) is 6.92 Å². The summed E-state index contributed by atoms with van der Waals surface area (Å²) in [6, 6.07) is 6.79. The van der Waals surface area contributed by atoms with Crippen molar-refractivity contribution in [2.24, 2.45) is 0 Å². The Bertz CT molecular complexity index is 744. The monoisotopic (exact) mass is 364 g/mol. The van der Waals surface area contributed by atoms with Gasteiger partial charge in [-0.15, -0.1) is 0 Å². The third kappa shape index (κ3) is 3.96. The first-order valence-electron chi connectivity index (χ1n) is 6.24. The van der Waals surface area contributed by atoms with Crippen LogP contribution in [0.4, 0.5) is 0 Å². The number of hydrogen-bond donors (Lipinski definition) is 1. The Labute approximate surface area is 138 Å². The molecule has 0 aliphatic heterocycles. The molecule has 21 heavy (non-hydrogen) atoms. The highest BCUT2D eigenvalue weighted by Crippen LogP contribution is 2.29. The lowest BCUT2D eigenvalue weighted by Crippen LogP contribution is -2.28. The molecule has 0 radical (unpaired) electrons. The van der Waals surface area contributed by atoms with E-state index in [1.807, 2.05) is 13.0 Å². The smallest absolute Gasteiger partial charge is 0.229 e. The van der Waals surface area contributed by atoms with E-state index in [0.29, 0.717) is 17.1 Å². The van der Waals surface area contributed by atoms with Gasteiger partial charge in [-0.25, -0.2) is 18.1 Å². The van der Waals surface area contributed by atoms with Crippen molar-refractivity contribution in [3.8, 4) is 0 Å². The van der Waals surface area contributed by atoms with E-state index in [1.54, 1.807) is 25.1 Å². The summed E-state index contributed by atoms with van der Waals surface area (Å²) in [5, 5.41) is 0.571. The molecule has 8 heteroatoms. The molecule has 1 heterocycles. The van der Waals surface area contributed by atoms with Crippen LogP contribution in [-0.2, 0) is 10.0 Å². The minimum Gasteiger partial charge on any atom is -0.229 e. The van der Waals surface area contributed by atoms with Gasteiger partial charge in [-0.1, -0.05) is 53.6 Å². The zero-order valence-corrected chi connectivity index (χ0v) is 14.6. The molecule has 4 nitrogen and oxygen atoms in total. The van der Waals surface area contributed by atoms with E-state index in [-0.39, 0.29) is 14.7 Å². The van der Waals surface area contributed by atoms with E-state index in [9.17, 15) is 8.42 Å². The van der Waals surface area contributed by atoms with Crippen LogP contribution in [0.2, 0.25) is 9.49 Å². The number of halogens is 2. The fourth-order valence-corrected chi connectivity index (χ4v) is 5.21. The van der Waals surface area contributed by atoms with Gasteiger partial charge in [-0.05, 0) is 31.0 Å². The molecule has 0 aliphatic rings. The Morgan fingerprint density at radius 1 is 1.38 bits per heavy atom. The first-order valence-corrected chi connectivity index (χ1v) is 9.29. The van der Waals surface area contributed by atoms with E-state index >= 15 is 0 Å². The molecule has 114 valence electrons. The van der Waals surface area contributed by atoms with Crippen LogP contribution in [0.15, 0.2) is 28.5 Å². The molecule has 1 aromatic carbocycles. The highest BCUT2D eigenvalue weighted by Gasteiger charge is 2.25. The lowest BCUT2D eigenvalue weighted by atomic mass is 10.1. The summed E-state index contributed by atoms with van der Waals surface area (Å²) in [7, 11) is -3.66. The Hall–Kier alpha value is -0.660. The topological polar surface area (TPSA) is 59.1 Å². The van der Waals surface area contributed by atoms with E-state index in [0.717, 1.165) is 16.9 Å². The van der Waals surface area contributed by atoms with Gasteiger partial charge in [0, 0.05) is 11.1 Å². The number of rotatable bonds is 5. The molecule has 2 aromatic rings. The van der Waals surface area contributed by atoms with E-state index in [2.05, 4.69) is 9.71 Å². The maximum atomic E-state index is 12.5. The molecule has 0 saturated carbocycles. The zero-order chi connectivity index (χ0) is 15.6. The third-order valence-electron chi connectivity index (χ3n) is 2.93. The highest BCUT2D eigenvalue weighted by molar-refractivity contribution is 7.91. The average molecular weight is 365 g/mol. The first kappa shape index (κ1) is 16.7. The maximum absolute atomic E-state index is 12.5. The maximum Gasteiger partial charge on any atom is 0.252 e. The van der Waals surface area contributed by atoms with Gasteiger partial charge >= 0.3 is 0 Å². The number of thiazole rings is 1. The highest BCUT2D eigenvalue weighted by atomic mass is 35.5. The second kappa shape index (κ2) is 6.62.